The first-order valence-corrected chi connectivity index (χ1v) is 8.45. The van der Waals surface area contributed by atoms with E-state index < -0.39 is 0 Å². The van der Waals surface area contributed by atoms with Gasteiger partial charge in [0.15, 0.2) is 0 Å². The number of hydrogen-bond acceptors (Lipinski definition) is 3. The van der Waals surface area contributed by atoms with Gasteiger partial charge >= 0.3 is 0 Å². The maximum atomic E-state index is 12.4. The van der Waals surface area contributed by atoms with E-state index in [0.29, 0.717) is 11.6 Å². The van der Waals surface area contributed by atoms with Crippen molar-refractivity contribution in [2.45, 2.75) is 44.2 Å². The molecule has 0 bridgehead atoms. The largest absolute Gasteiger partial charge is 0.393 e. The third-order valence-corrected chi connectivity index (χ3v) is 4.89. The molecule has 124 valence electrons. The summed E-state index contributed by atoms with van der Waals surface area (Å²) in [6.45, 7) is 0.389. The second-order valence-corrected chi connectivity index (χ2v) is 6.84. The number of nitrogens with zero attached hydrogens (tertiary/aromatic N) is 1. The number of nitrogens with one attached hydrogen (secondary N) is 1. The maximum Gasteiger partial charge on any atom is 0.227 e. The van der Waals surface area contributed by atoms with Crippen molar-refractivity contribution in [1.29, 1.82) is 0 Å². The van der Waals surface area contributed by atoms with Gasteiger partial charge < -0.3 is 15.3 Å². The van der Waals surface area contributed by atoms with E-state index in [1.165, 1.54) is 0 Å². The molecular weight excluding hydrogens is 316 g/mol. The van der Waals surface area contributed by atoms with Crippen LogP contribution in [0.4, 0.5) is 5.69 Å². The Kier molecular flexibility index (Phi) is 4.87. The number of aliphatic hydroxyl groups excluding tert-OH is 1. The fraction of sp³-hybridized carbons (Fsp3) is 0.529. The van der Waals surface area contributed by atoms with Gasteiger partial charge in [0, 0.05) is 29.7 Å². The Hall–Kier alpha value is -1.59. The van der Waals surface area contributed by atoms with Crippen molar-refractivity contribution in [2.75, 3.05) is 11.4 Å². The van der Waals surface area contributed by atoms with Crippen LogP contribution in [0.1, 0.15) is 32.1 Å². The molecule has 6 heteroatoms. The monoisotopic (exact) mass is 336 g/mol. The van der Waals surface area contributed by atoms with Gasteiger partial charge in [-0.3, -0.25) is 9.59 Å². The molecule has 1 aliphatic carbocycles. The molecule has 5 nitrogen and oxygen atoms in total. The Morgan fingerprint density at radius 2 is 2.00 bits per heavy atom. The third kappa shape index (κ3) is 3.85. The Balaban J connectivity index is 1.59. The Morgan fingerprint density at radius 1 is 1.26 bits per heavy atom. The molecule has 3 rings (SSSR count). The molecule has 1 saturated carbocycles. The van der Waals surface area contributed by atoms with Gasteiger partial charge in [0.05, 0.1) is 12.0 Å². The third-order valence-electron chi connectivity index (χ3n) is 4.66. The van der Waals surface area contributed by atoms with Crippen molar-refractivity contribution in [3.63, 3.8) is 0 Å². The van der Waals surface area contributed by atoms with Crippen LogP contribution in [0.5, 0.6) is 0 Å². The van der Waals surface area contributed by atoms with Gasteiger partial charge in [0.25, 0.3) is 0 Å². The highest BCUT2D eigenvalue weighted by Crippen LogP contribution is 2.27. The van der Waals surface area contributed by atoms with E-state index >= 15 is 0 Å². The molecule has 2 fully saturated rings. The van der Waals surface area contributed by atoms with Crippen LogP contribution in [0.3, 0.4) is 0 Å². The summed E-state index contributed by atoms with van der Waals surface area (Å²) in [7, 11) is 0. The van der Waals surface area contributed by atoms with Crippen molar-refractivity contribution in [3.05, 3.63) is 29.3 Å². The molecule has 1 atom stereocenters. The summed E-state index contributed by atoms with van der Waals surface area (Å²) in [4.78, 5) is 26.2. The van der Waals surface area contributed by atoms with Gasteiger partial charge in [-0.25, -0.2) is 0 Å². The number of carbonyl (C=O) groups is 2. The summed E-state index contributed by atoms with van der Waals surface area (Å²) in [5.74, 6) is -0.441. The predicted molar refractivity (Wildman–Crippen MR) is 88.3 cm³/mol. The van der Waals surface area contributed by atoms with Crippen LogP contribution in [-0.4, -0.2) is 35.6 Å². The lowest BCUT2D eigenvalue weighted by atomic mass is 9.92. The smallest absolute Gasteiger partial charge is 0.227 e. The van der Waals surface area contributed by atoms with E-state index in [-0.39, 0.29) is 36.3 Å². The molecule has 2 N–H and O–H groups in total. The second kappa shape index (κ2) is 6.89. The molecule has 1 aromatic rings. The molecule has 1 heterocycles. The minimum atomic E-state index is -0.326. The lowest BCUT2D eigenvalue weighted by Crippen LogP contribution is -2.42. The van der Waals surface area contributed by atoms with Gasteiger partial charge in [0.2, 0.25) is 11.8 Å². The summed E-state index contributed by atoms with van der Waals surface area (Å²) in [6.07, 6.45) is 3.03. The average Bonchev–Trinajstić information content (AvgIpc) is 2.92. The van der Waals surface area contributed by atoms with E-state index in [0.717, 1.165) is 31.4 Å². The number of anilines is 1. The molecular formula is C17H21ClN2O3. The van der Waals surface area contributed by atoms with Gasteiger partial charge in [0.1, 0.15) is 0 Å². The van der Waals surface area contributed by atoms with Crippen LogP contribution >= 0.6 is 11.6 Å². The molecule has 23 heavy (non-hydrogen) atoms. The zero-order valence-electron chi connectivity index (χ0n) is 12.9. The molecule has 0 spiro atoms. The number of amides is 2. The molecule has 1 aromatic carbocycles. The van der Waals surface area contributed by atoms with E-state index in [1.54, 1.807) is 23.1 Å². The summed E-state index contributed by atoms with van der Waals surface area (Å²) in [5, 5.41) is 13.1. The van der Waals surface area contributed by atoms with Crippen molar-refractivity contribution in [3.8, 4) is 0 Å². The van der Waals surface area contributed by atoms with Crippen LogP contribution in [0.2, 0.25) is 5.02 Å². The van der Waals surface area contributed by atoms with E-state index in [1.807, 2.05) is 6.07 Å². The molecule has 2 amide bonds. The summed E-state index contributed by atoms with van der Waals surface area (Å²) in [5.41, 5.74) is 0.735. The van der Waals surface area contributed by atoms with Gasteiger partial charge in [-0.05, 0) is 43.9 Å². The Bertz CT molecular complexity index is 599. The van der Waals surface area contributed by atoms with Crippen molar-refractivity contribution in [1.82, 2.24) is 5.32 Å². The van der Waals surface area contributed by atoms with E-state index in [2.05, 4.69) is 5.32 Å². The highest BCUT2D eigenvalue weighted by atomic mass is 35.5. The standard InChI is InChI=1S/C17H21ClN2O3/c18-12-2-1-3-14(9-12)20-10-11(8-16(20)22)17(23)19-13-4-6-15(21)7-5-13/h1-3,9,11,13,15,21H,4-8,10H2,(H,19,23). The second-order valence-electron chi connectivity index (χ2n) is 6.40. The Labute approximate surface area is 140 Å². The summed E-state index contributed by atoms with van der Waals surface area (Å²) < 4.78 is 0. The van der Waals surface area contributed by atoms with Crippen molar-refractivity contribution < 1.29 is 14.7 Å². The molecule has 0 aromatic heterocycles. The normalized spacial score (nSPS) is 28.0. The number of hydrogen-bond donors (Lipinski definition) is 2. The van der Waals surface area contributed by atoms with Crippen LogP contribution in [0.15, 0.2) is 24.3 Å². The highest BCUT2D eigenvalue weighted by Gasteiger charge is 2.36. The van der Waals surface area contributed by atoms with Gasteiger partial charge in [-0.15, -0.1) is 0 Å². The SMILES string of the molecule is O=C(NC1CCC(O)CC1)C1CC(=O)N(c2cccc(Cl)c2)C1. The van der Waals surface area contributed by atoms with Crippen LogP contribution < -0.4 is 10.2 Å². The van der Waals surface area contributed by atoms with Crippen LogP contribution in [0.25, 0.3) is 0 Å². The van der Waals surface area contributed by atoms with Gasteiger partial charge in [-0.2, -0.15) is 0 Å². The lowest BCUT2D eigenvalue weighted by Gasteiger charge is -2.27. The highest BCUT2D eigenvalue weighted by molar-refractivity contribution is 6.30. The van der Waals surface area contributed by atoms with E-state index in [4.69, 9.17) is 11.6 Å². The first-order valence-electron chi connectivity index (χ1n) is 8.07. The first-order chi connectivity index (χ1) is 11.0. The average molecular weight is 337 g/mol. The molecule has 1 aliphatic heterocycles. The molecule has 1 saturated heterocycles. The zero-order valence-corrected chi connectivity index (χ0v) is 13.6. The number of rotatable bonds is 3. The summed E-state index contributed by atoms with van der Waals surface area (Å²) in [6, 6.07) is 7.23. The van der Waals surface area contributed by atoms with Crippen LogP contribution in [0, 0.1) is 5.92 Å². The fourth-order valence-electron chi connectivity index (χ4n) is 3.32. The van der Waals surface area contributed by atoms with Crippen molar-refractivity contribution in [2.24, 2.45) is 5.92 Å². The van der Waals surface area contributed by atoms with Crippen molar-refractivity contribution >= 4 is 29.1 Å². The fourth-order valence-corrected chi connectivity index (χ4v) is 3.50. The first kappa shape index (κ1) is 16.3. The number of aliphatic hydroxyl groups is 1. The summed E-state index contributed by atoms with van der Waals surface area (Å²) >= 11 is 5.97. The quantitative estimate of drug-likeness (QED) is 0.888. The molecule has 2 aliphatic rings. The molecule has 0 radical (unpaired) electrons. The van der Waals surface area contributed by atoms with E-state index in [9.17, 15) is 14.7 Å². The number of carbonyl (C=O) groups excluding carboxylic acids is 2. The van der Waals surface area contributed by atoms with Crippen LogP contribution in [-0.2, 0) is 9.59 Å². The maximum absolute atomic E-state index is 12.4. The molecule has 1 unspecified atom stereocenters. The van der Waals surface area contributed by atoms with Gasteiger partial charge in [-0.1, -0.05) is 17.7 Å². The number of halogens is 1. The lowest BCUT2D eigenvalue weighted by molar-refractivity contribution is -0.127. The predicted octanol–water partition coefficient (Wildman–Crippen LogP) is 2.11. The minimum Gasteiger partial charge on any atom is -0.393 e. The minimum absolute atomic E-state index is 0.0496. The topological polar surface area (TPSA) is 69.6 Å². The Morgan fingerprint density at radius 3 is 2.70 bits per heavy atom. The zero-order chi connectivity index (χ0) is 16.4. The number of benzene rings is 1.